The van der Waals surface area contributed by atoms with Crippen LogP contribution in [0.5, 0.6) is 5.75 Å². The summed E-state index contributed by atoms with van der Waals surface area (Å²) in [6.07, 6.45) is 6.31. The van der Waals surface area contributed by atoms with Crippen LogP contribution in [-0.4, -0.2) is 52.8 Å². The highest BCUT2D eigenvalue weighted by molar-refractivity contribution is 7.89. The molecule has 0 bridgehead atoms. The third kappa shape index (κ3) is 7.44. The van der Waals surface area contributed by atoms with Crippen molar-refractivity contribution in [1.29, 1.82) is 0 Å². The van der Waals surface area contributed by atoms with E-state index in [-0.39, 0.29) is 40.0 Å². The predicted octanol–water partition coefficient (Wildman–Crippen LogP) is 4.13. The van der Waals surface area contributed by atoms with Crippen LogP contribution in [0, 0.1) is 0 Å². The number of halogens is 2. The van der Waals surface area contributed by atoms with Gasteiger partial charge in [-0.2, -0.15) is 0 Å². The van der Waals surface area contributed by atoms with Gasteiger partial charge in [0.25, 0.3) is 5.91 Å². The zero-order valence-corrected chi connectivity index (χ0v) is 25.5. The molecule has 1 aliphatic carbocycles. The van der Waals surface area contributed by atoms with E-state index in [0.29, 0.717) is 6.61 Å². The van der Waals surface area contributed by atoms with Gasteiger partial charge in [-0.25, -0.2) is 13.6 Å². The van der Waals surface area contributed by atoms with Crippen molar-refractivity contribution in [3.05, 3.63) is 94.0 Å². The molecule has 0 radical (unpaired) electrons. The summed E-state index contributed by atoms with van der Waals surface area (Å²) in [5.41, 5.74) is 7.64. The fraction of sp³-hybridized carbons (Fsp3) is 0.300. The summed E-state index contributed by atoms with van der Waals surface area (Å²) >= 11 is 5.84. The Kier molecular flexibility index (Phi) is 10.5. The van der Waals surface area contributed by atoms with Gasteiger partial charge >= 0.3 is 0 Å². The SMILES string of the molecule is C1=Cc2cccc(OCC3CNCCO3)c2C1.CC1Cc2ccccc2N1NC(=O)c1ccc(Cl)c(S(N)(=O)=O)c1.Cl. The number of ether oxygens (including phenoxy) is 2. The standard InChI is InChI=1S/C16H16ClN3O3S.C14H17NO2.ClH/c1-10-8-11-4-2-3-5-14(11)20(10)19-16(21)12-6-7-13(17)15(9-12)24(18,22)23;1-3-11-4-2-6-14(13(11)5-1)17-10-12-9-15-7-8-16-12;/h2-7,9-10H,8H2,1H3,(H,19,21)(H2,18,22,23);1-4,6,12,15H,5,7-10H2;1H. The smallest absolute Gasteiger partial charge is 0.269 e. The second-order valence-corrected chi connectivity index (χ2v) is 12.1. The molecule has 224 valence electrons. The number of nitrogens with one attached hydrogen (secondary N) is 2. The number of morpholine rings is 1. The average molecular weight is 634 g/mol. The minimum absolute atomic E-state index is 0. The molecular formula is C30H34Cl2N4O5S. The number of allylic oxidation sites excluding steroid dienone is 1. The van der Waals surface area contributed by atoms with Crippen LogP contribution in [0.2, 0.25) is 5.02 Å². The number of sulfonamides is 1. The van der Waals surface area contributed by atoms with Gasteiger partial charge in [0.05, 0.1) is 23.4 Å². The summed E-state index contributed by atoms with van der Waals surface area (Å²) < 4.78 is 34.6. The van der Waals surface area contributed by atoms with Crippen LogP contribution >= 0.6 is 24.0 Å². The van der Waals surface area contributed by atoms with Crippen molar-refractivity contribution in [3.8, 4) is 5.75 Å². The van der Waals surface area contributed by atoms with Crippen LogP contribution < -0.4 is 25.6 Å². The lowest BCUT2D eigenvalue weighted by Gasteiger charge is -2.25. The highest BCUT2D eigenvalue weighted by atomic mass is 35.5. The number of hydrogen-bond acceptors (Lipinski definition) is 7. The monoisotopic (exact) mass is 632 g/mol. The maximum Gasteiger partial charge on any atom is 0.269 e. The maximum atomic E-state index is 12.5. The lowest BCUT2D eigenvalue weighted by atomic mass is 10.1. The van der Waals surface area contributed by atoms with Gasteiger partial charge in [0.15, 0.2) is 0 Å². The molecule has 42 heavy (non-hydrogen) atoms. The Bertz CT molecular complexity index is 1560. The summed E-state index contributed by atoms with van der Waals surface area (Å²) in [6.45, 7) is 5.23. The van der Waals surface area contributed by atoms with Gasteiger partial charge < -0.3 is 14.8 Å². The van der Waals surface area contributed by atoms with Gasteiger partial charge in [0.1, 0.15) is 23.4 Å². The summed E-state index contributed by atoms with van der Waals surface area (Å²) in [7, 11) is -4.00. The summed E-state index contributed by atoms with van der Waals surface area (Å²) in [4.78, 5) is 12.2. The molecule has 4 N–H and O–H groups in total. The Labute approximate surface area is 257 Å². The Morgan fingerprint density at radius 3 is 2.76 bits per heavy atom. The van der Waals surface area contributed by atoms with Crippen LogP contribution in [-0.2, 0) is 27.6 Å². The topological polar surface area (TPSA) is 123 Å². The second kappa shape index (κ2) is 13.9. The molecule has 1 saturated heterocycles. The normalized spacial score (nSPS) is 18.7. The fourth-order valence-corrected chi connectivity index (χ4v) is 6.15. The van der Waals surface area contributed by atoms with Crippen molar-refractivity contribution in [3.63, 3.8) is 0 Å². The van der Waals surface area contributed by atoms with E-state index in [1.54, 1.807) is 5.01 Å². The van der Waals surface area contributed by atoms with Crippen LogP contribution in [0.3, 0.4) is 0 Å². The van der Waals surface area contributed by atoms with Gasteiger partial charge in [-0.05, 0) is 61.2 Å². The number of para-hydroxylation sites is 1. The molecule has 9 nitrogen and oxygen atoms in total. The number of nitrogens with zero attached hydrogens (tertiary/aromatic N) is 1. The number of carbonyl (C=O) groups is 1. The zero-order valence-electron chi connectivity index (χ0n) is 23.1. The Balaban J connectivity index is 0.000000198. The Hall–Kier alpha value is -3.12. The molecule has 2 heterocycles. The van der Waals surface area contributed by atoms with Gasteiger partial charge in [-0.3, -0.25) is 15.2 Å². The number of rotatable bonds is 6. The molecule has 0 spiro atoms. The number of hydrogen-bond donors (Lipinski definition) is 3. The molecule has 0 saturated carbocycles. The highest BCUT2D eigenvalue weighted by Gasteiger charge is 2.27. The van der Waals surface area contributed by atoms with E-state index in [9.17, 15) is 13.2 Å². The fourth-order valence-electron chi connectivity index (χ4n) is 5.08. The number of fused-ring (bicyclic) bond motifs is 2. The molecule has 1 amide bonds. The molecule has 3 aromatic carbocycles. The van der Waals surface area contributed by atoms with Crippen molar-refractivity contribution in [1.82, 2.24) is 10.7 Å². The first-order valence-electron chi connectivity index (χ1n) is 13.4. The van der Waals surface area contributed by atoms with E-state index in [1.807, 2.05) is 43.3 Å². The minimum Gasteiger partial charge on any atom is -0.491 e. The third-order valence-electron chi connectivity index (χ3n) is 7.15. The summed E-state index contributed by atoms with van der Waals surface area (Å²) in [5.74, 6) is 0.571. The number of carbonyl (C=O) groups excluding carboxylic acids is 1. The zero-order chi connectivity index (χ0) is 29.0. The number of hydrazine groups is 1. The Morgan fingerprint density at radius 1 is 1.19 bits per heavy atom. The molecule has 2 unspecified atom stereocenters. The average Bonchev–Trinajstić information content (AvgIpc) is 3.57. The van der Waals surface area contributed by atoms with Gasteiger partial charge in [0, 0.05) is 24.2 Å². The molecule has 1 fully saturated rings. The number of anilines is 1. The number of amides is 1. The maximum absolute atomic E-state index is 12.5. The van der Waals surface area contributed by atoms with Crippen LogP contribution in [0.25, 0.3) is 6.08 Å². The Morgan fingerprint density at radius 2 is 2.00 bits per heavy atom. The van der Waals surface area contributed by atoms with Crippen LogP contribution in [0.4, 0.5) is 5.69 Å². The van der Waals surface area contributed by atoms with E-state index in [2.05, 4.69) is 29.0 Å². The summed E-state index contributed by atoms with van der Waals surface area (Å²) in [5, 5.41) is 10.2. The molecule has 2 aliphatic heterocycles. The molecule has 2 atom stereocenters. The van der Waals surface area contributed by atoms with Gasteiger partial charge in [-0.1, -0.05) is 54.1 Å². The third-order valence-corrected chi connectivity index (χ3v) is 8.54. The molecular weight excluding hydrogens is 599 g/mol. The largest absolute Gasteiger partial charge is 0.491 e. The second-order valence-electron chi connectivity index (χ2n) is 10.1. The van der Waals surface area contributed by atoms with Gasteiger partial charge in [0.2, 0.25) is 10.0 Å². The van der Waals surface area contributed by atoms with E-state index in [1.165, 1.54) is 29.3 Å². The molecule has 6 rings (SSSR count). The first-order valence-corrected chi connectivity index (χ1v) is 15.4. The van der Waals surface area contributed by atoms with Crippen molar-refractivity contribution in [2.24, 2.45) is 5.14 Å². The van der Waals surface area contributed by atoms with Crippen molar-refractivity contribution in [2.45, 2.75) is 36.8 Å². The number of nitrogens with two attached hydrogens (primary N) is 1. The van der Waals surface area contributed by atoms with Gasteiger partial charge in [-0.15, -0.1) is 12.4 Å². The van der Waals surface area contributed by atoms with E-state index in [4.69, 9.17) is 26.2 Å². The van der Waals surface area contributed by atoms with E-state index >= 15 is 0 Å². The highest BCUT2D eigenvalue weighted by Crippen LogP contribution is 2.31. The predicted molar refractivity (Wildman–Crippen MR) is 167 cm³/mol. The summed E-state index contributed by atoms with van der Waals surface area (Å²) in [6, 6.07) is 18.1. The minimum atomic E-state index is -4.00. The number of benzene rings is 3. The van der Waals surface area contributed by atoms with E-state index < -0.39 is 15.9 Å². The van der Waals surface area contributed by atoms with Crippen LogP contribution in [0.15, 0.2) is 71.6 Å². The van der Waals surface area contributed by atoms with Crippen molar-refractivity contribution >= 4 is 51.7 Å². The molecule has 3 aromatic rings. The van der Waals surface area contributed by atoms with Crippen molar-refractivity contribution < 1.29 is 22.7 Å². The molecule has 12 heteroatoms. The van der Waals surface area contributed by atoms with Crippen molar-refractivity contribution in [2.75, 3.05) is 31.3 Å². The van der Waals surface area contributed by atoms with E-state index in [0.717, 1.165) is 49.5 Å². The quantitative estimate of drug-likeness (QED) is 0.373. The molecule has 0 aromatic heterocycles. The lowest BCUT2D eigenvalue weighted by molar-refractivity contribution is 0.0000398. The van der Waals surface area contributed by atoms with Crippen LogP contribution in [0.1, 0.15) is 34.0 Å². The first-order chi connectivity index (χ1) is 19.7. The molecule has 3 aliphatic rings. The lowest BCUT2D eigenvalue weighted by Crippen LogP contribution is -2.45. The number of primary sulfonamides is 1. The first kappa shape index (κ1) is 31.8.